The molecule has 0 saturated heterocycles. The third kappa shape index (κ3) is 1.90. The Hall–Kier alpha value is -2.09. The summed E-state index contributed by atoms with van der Waals surface area (Å²) < 4.78 is 2.19. The molecule has 0 amide bonds. The maximum atomic E-state index is 4.47. The molecular weight excluding hydrogens is 220 g/mol. The van der Waals surface area contributed by atoms with Gasteiger partial charge in [-0.25, -0.2) is 4.98 Å². The van der Waals surface area contributed by atoms with E-state index in [1.165, 1.54) is 22.2 Å². The quantitative estimate of drug-likeness (QED) is 0.664. The van der Waals surface area contributed by atoms with Gasteiger partial charge in [0.1, 0.15) is 0 Å². The smallest absolute Gasteiger partial charge is 0.0961 e. The van der Waals surface area contributed by atoms with Crippen LogP contribution < -0.4 is 0 Å². The van der Waals surface area contributed by atoms with Gasteiger partial charge < -0.3 is 4.57 Å². The minimum atomic E-state index is 0.855. The van der Waals surface area contributed by atoms with Crippen molar-refractivity contribution >= 4 is 11.0 Å². The molecule has 2 aromatic carbocycles. The van der Waals surface area contributed by atoms with Gasteiger partial charge in [-0.2, -0.15) is 0 Å². The van der Waals surface area contributed by atoms with Gasteiger partial charge in [0.05, 0.1) is 17.4 Å². The molecule has 0 fully saturated rings. The standard InChI is InChI=1S/C16H15N2/c1-12-8-15-16(9-13(12)2)18(11-17-15)10-14-6-4-3-5-7-14/h4-9,11H,10H2,1-2H3. The molecule has 89 valence electrons. The van der Waals surface area contributed by atoms with Crippen molar-refractivity contribution in [1.29, 1.82) is 0 Å². The molecule has 1 heterocycles. The number of imidazole rings is 1. The zero-order chi connectivity index (χ0) is 12.5. The Bertz CT molecular complexity index is 681. The van der Waals surface area contributed by atoms with Crippen molar-refractivity contribution in [3.63, 3.8) is 0 Å². The molecule has 3 aromatic rings. The lowest BCUT2D eigenvalue weighted by Crippen LogP contribution is -1.97. The first kappa shape index (κ1) is 11.0. The molecule has 0 unspecified atom stereocenters. The lowest BCUT2D eigenvalue weighted by molar-refractivity contribution is 0.824. The van der Waals surface area contributed by atoms with Crippen LogP contribution in [-0.2, 0) is 6.54 Å². The number of nitrogens with zero attached hydrogens (tertiary/aromatic N) is 2. The summed E-state index contributed by atoms with van der Waals surface area (Å²) in [4.78, 5) is 4.47. The summed E-state index contributed by atoms with van der Waals surface area (Å²) in [6, 6.07) is 15.5. The van der Waals surface area contributed by atoms with Crippen molar-refractivity contribution in [2.45, 2.75) is 20.4 Å². The van der Waals surface area contributed by atoms with E-state index in [9.17, 15) is 0 Å². The fourth-order valence-corrected chi connectivity index (χ4v) is 2.16. The highest BCUT2D eigenvalue weighted by molar-refractivity contribution is 5.77. The first-order valence-electron chi connectivity index (χ1n) is 6.11. The number of fused-ring (bicyclic) bond motifs is 1. The van der Waals surface area contributed by atoms with Gasteiger partial charge in [0.25, 0.3) is 0 Å². The monoisotopic (exact) mass is 235 g/mol. The normalized spacial score (nSPS) is 11.0. The summed E-state index contributed by atoms with van der Waals surface area (Å²) >= 11 is 0. The van der Waals surface area contributed by atoms with Crippen LogP contribution in [0.3, 0.4) is 0 Å². The fraction of sp³-hybridized carbons (Fsp3) is 0.188. The van der Waals surface area contributed by atoms with Gasteiger partial charge in [-0.15, -0.1) is 0 Å². The second-order valence-corrected chi connectivity index (χ2v) is 4.71. The molecule has 18 heavy (non-hydrogen) atoms. The number of rotatable bonds is 2. The highest BCUT2D eigenvalue weighted by Gasteiger charge is 2.05. The molecule has 0 aliphatic heterocycles. The van der Waals surface area contributed by atoms with E-state index in [0.717, 1.165) is 12.1 Å². The second kappa shape index (κ2) is 4.30. The van der Waals surface area contributed by atoms with Crippen molar-refractivity contribution in [3.05, 3.63) is 65.5 Å². The summed E-state index contributed by atoms with van der Waals surface area (Å²) in [6.45, 7) is 5.12. The Morgan fingerprint density at radius 2 is 1.83 bits per heavy atom. The van der Waals surface area contributed by atoms with E-state index in [0.29, 0.717) is 0 Å². The lowest BCUT2D eigenvalue weighted by Gasteiger charge is -2.06. The third-order valence-electron chi connectivity index (χ3n) is 3.38. The third-order valence-corrected chi connectivity index (χ3v) is 3.38. The van der Waals surface area contributed by atoms with Gasteiger partial charge in [0.15, 0.2) is 0 Å². The molecule has 0 saturated carbocycles. The van der Waals surface area contributed by atoms with Crippen LogP contribution in [0, 0.1) is 19.9 Å². The van der Waals surface area contributed by atoms with Crippen LogP contribution in [0.1, 0.15) is 16.7 Å². The Labute approximate surface area is 107 Å². The van der Waals surface area contributed by atoms with Gasteiger partial charge in [-0.05, 0) is 48.7 Å². The van der Waals surface area contributed by atoms with E-state index in [2.05, 4.69) is 53.7 Å². The summed E-state index contributed by atoms with van der Waals surface area (Å²) in [5.74, 6) is 0. The van der Waals surface area contributed by atoms with Crippen LogP contribution in [-0.4, -0.2) is 9.55 Å². The van der Waals surface area contributed by atoms with Crippen molar-refractivity contribution in [2.24, 2.45) is 0 Å². The van der Waals surface area contributed by atoms with Gasteiger partial charge in [0, 0.05) is 6.54 Å². The van der Waals surface area contributed by atoms with E-state index in [1.54, 1.807) is 0 Å². The Morgan fingerprint density at radius 3 is 2.61 bits per heavy atom. The number of aryl methyl sites for hydroxylation is 2. The SMILES string of the molecule is Cc1cc2ncn(Cc3cc[c]cc3)c2cc1C. The first-order valence-corrected chi connectivity index (χ1v) is 6.11. The van der Waals surface area contributed by atoms with E-state index >= 15 is 0 Å². The predicted molar refractivity (Wildman–Crippen MR) is 73.6 cm³/mol. The minimum absolute atomic E-state index is 0.855. The van der Waals surface area contributed by atoms with Crippen molar-refractivity contribution < 1.29 is 0 Å². The summed E-state index contributed by atoms with van der Waals surface area (Å²) in [6.07, 6.45) is 1.92. The topological polar surface area (TPSA) is 17.8 Å². The molecule has 0 aliphatic rings. The van der Waals surface area contributed by atoms with E-state index < -0.39 is 0 Å². The van der Waals surface area contributed by atoms with Gasteiger partial charge in [0.2, 0.25) is 0 Å². The molecule has 0 bridgehead atoms. The fourth-order valence-electron chi connectivity index (χ4n) is 2.16. The van der Waals surface area contributed by atoms with E-state index in [-0.39, 0.29) is 0 Å². The zero-order valence-electron chi connectivity index (χ0n) is 10.6. The van der Waals surface area contributed by atoms with Crippen molar-refractivity contribution in [1.82, 2.24) is 9.55 Å². The molecule has 0 spiro atoms. The van der Waals surface area contributed by atoms with E-state index in [1.807, 2.05) is 18.5 Å². The molecule has 0 aliphatic carbocycles. The second-order valence-electron chi connectivity index (χ2n) is 4.71. The molecule has 3 rings (SSSR count). The Morgan fingerprint density at radius 1 is 1.11 bits per heavy atom. The maximum absolute atomic E-state index is 4.47. The first-order chi connectivity index (χ1) is 8.74. The molecule has 0 atom stereocenters. The average molecular weight is 235 g/mol. The Kier molecular flexibility index (Phi) is 2.63. The number of hydrogen-bond donors (Lipinski definition) is 0. The molecule has 2 nitrogen and oxygen atoms in total. The molecule has 1 radical (unpaired) electrons. The molecule has 2 heteroatoms. The van der Waals surface area contributed by atoms with Gasteiger partial charge in [-0.3, -0.25) is 0 Å². The van der Waals surface area contributed by atoms with E-state index in [4.69, 9.17) is 0 Å². The van der Waals surface area contributed by atoms with Crippen LogP contribution in [0.15, 0.2) is 42.7 Å². The van der Waals surface area contributed by atoms with Crippen LogP contribution in [0.4, 0.5) is 0 Å². The summed E-state index contributed by atoms with van der Waals surface area (Å²) in [5.41, 5.74) is 6.14. The summed E-state index contributed by atoms with van der Waals surface area (Å²) in [5, 5.41) is 0. The maximum Gasteiger partial charge on any atom is 0.0961 e. The molecule has 0 N–H and O–H groups in total. The zero-order valence-corrected chi connectivity index (χ0v) is 10.6. The number of benzene rings is 2. The highest BCUT2D eigenvalue weighted by atomic mass is 15.0. The summed E-state index contributed by atoms with van der Waals surface area (Å²) in [7, 11) is 0. The van der Waals surface area contributed by atoms with Crippen LogP contribution in [0.2, 0.25) is 0 Å². The predicted octanol–water partition coefficient (Wildman–Crippen LogP) is 3.50. The van der Waals surface area contributed by atoms with Gasteiger partial charge in [-0.1, -0.05) is 24.3 Å². The van der Waals surface area contributed by atoms with Crippen LogP contribution in [0.5, 0.6) is 0 Å². The number of aromatic nitrogens is 2. The van der Waals surface area contributed by atoms with Crippen LogP contribution >= 0.6 is 0 Å². The largest absolute Gasteiger partial charge is 0.326 e. The minimum Gasteiger partial charge on any atom is -0.326 e. The molecular formula is C16H15N2. The van der Waals surface area contributed by atoms with Gasteiger partial charge >= 0.3 is 0 Å². The van der Waals surface area contributed by atoms with Crippen LogP contribution in [0.25, 0.3) is 11.0 Å². The number of hydrogen-bond acceptors (Lipinski definition) is 1. The Balaban J connectivity index is 2.05. The average Bonchev–Trinajstić information content (AvgIpc) is 2.74. The lowest BCUT2D eigenvalue weighted by atomic mass is 10.1. The van der Waals surface area contributed by atoms with Crippen molar-refractivity contribution in [2.75, 3.05) is 0 Å². The van der Waals surface area contributed by atoms with Crippen molar-refractivity contribution in [3.8, 4) is 0 Å². The molecule has 1 aromatic heterocycles. The highest BCUT2D eigenvalue weighted by Crippen LogP contribution is 2.19.